The molecule has 0 aliphatic rings. The fraction of sp³-hybridized carbons (Fsp3) is 0.333. The van der Waals surface area contributed by atoms with Gasteiger partial charge in [0.25, 0.3) is 5.09 Å². The maximum Gasteiger partial charge on any atom is 0.291 e. The van der Waals surface area contributed by atoms with Gasteiger partial charge in [-0.1, -0.05) is 0 Å². The van der Waals surface area contributed by atoms with Gasteiger partial charge in [-0.3, -0.25) is 0 Å². The third-order valence-electron chi connectivity index (χ3n) is 1.20. The molecule has 1 aromatic rings. The van der Waals surface area contributed by atoms with Crippen LogP contribution >= 0.6 is 0 Å². The summed E-state index contributed by atoms with van der Waals surface area (Å²) >= 11 is 0. The Hall–Kier alpha value is -2.32. The number of rotatable bonds is 1. The van der Waals surface area contributed by atoms with E-state index in [1.807, 2.05) is 19.9 Å². The van der Waals surface area contributed by atoms with E-state index in [0.717, 1.165) is 11.4 Å². The molecule has 0 unspecified atom stereocenters. The minimum Gasteiger partial charge on any atom is -0.369 e. The Morgan fingerprint density at radius 3 is 2.40 bits per heavy atom. The molecule has 0 radical (unpaired) electrons. The third-order valence-corrected chi connectivity index (χ3v) is 1.20. The largest absolute Gasteiger partial charge is 0.369 e. The lowest BCUT2D eigenvalue weighted by Gasteiger charge is -1.94. The molecule has 0 saturated carbocycles. The van der Waals surface area contributed by atoms with Gasteiger partial charge in [0.05, 0.1) is 11.4 Å². The standard InChI is InChI=1S/C6H11N5.HNO3/c1-4-3-5(2)11(9-4)10-6(7)8;2-1(3)4/h3H,1-2H3,(H4,7,8,10);(H,2,3,4). The first kappa shape index (κ1) is 12.7. The van der Waals surface area contributed by atoms with E-state index in [0.29, 0.717) is 0 Å². The predicted molar refractivity (Wildman–Crippen MR) is 51.7 cm³/mol. The monoisotopic (exact) mass is 216 g/mol. The Bertz CT molecular complexity index is 363. The molecule has 0 fully saturated rings. The molecule has 0 bridgehead atoms. The van der Waals surface area contributed by atoms with Crippen LogP contribution in [0.3, 0.4) is 0 Å². The van der Waals surface area contributed by atoms with Crippen molar-refractivity contribution in [2.24, 2.45) is 16.6 Å². The van der Waals surface area contributed by atoms with Crippen LogP contribution in [-0.2, 0) is 0 Å². The van der Waals surface area contributed by atoms with Gasteiger partial charge >= 0.3 is 0 Å². The number of hydrogen-bond donors (Lipinski definition) is 3. The summed E-state index contributed by atoms with van der Waals surface area (Å²) in [4.78, 5) is 9.77. The molecule has 0 atom stereocenters. The summed E-state index contributed by atoms with van der Waals surface area (Å²) in [7, 11) is 0. The minimum absolute atomic E-state index is 0.0104. The lowest BCUT2D eigenvalue weighted by Crippen LogP contribution is -2.24. The smallest absolute Gasteiger partial charge is 0.291 e. The summed E-state index contributed by atoms with van der Waals surface area (Å²) in [6, 6.07) is 1.90. The van der Waals surface area contributed by atoms with E-state index in [2.05, 4.69) is 10.2 Å². The molecule has 0 spiro atoms. The third kappa shape index (κ3) is 5.85. The second-order valence-electron chi connectivity index (χ2n) is 2.58. The van der Waals surface area contributed by atoms with Gasteiger partial charge in [-0.15, -0.1) is 15.2 Å². The van der Waals surface area contributed by atoms with E-state index in [1.54, 1.807) is 0 Å². The first-order valence-electron chi connectivity index (χ1n) is 3.79. The summed E-state index contributed by atoms with van der Waals surface area (Å²) in [5, 5.41) is 21.4. The zero-order valence-corrected chi connectivity index (χ0v) is 8.28. The van der Waals surface area contributed by atoms with Crippen molar-refractivity contribution in [1.82, 2.24) is 9.89 Å². The molecule has 0 aliphatic carbocycles. The van der Waals surface area contributed by atoms with Crippen molar-refractivity contribution in [3.8, 4) is 0 Å². The summed E-state index contributed by atoms with van der Waals surface area (Å²) in [5.41, 5.74) is 12.1. The van der Waals surface area contributed by atoms with Crippen molar-refractivity contribution in [1.29, 1.82) is 0 Å². The Labute approximate surface area is 85.1 Å². The molecule has 0 amide bonds. The molecule has 15 heavy (non-hydrogen) atoms. The average Bonchev–Trinajstić information content (AvgIpc) is 2.27. The van der Waals surface area contributed by atoms with Gasteiger partial charge in [-0.25, -0.2) is 0 Å². The Balaban J connectivity index is 0.000000423. The molecule has 9 nitrogen and oxygen atoms in total. The van der Waals surface area contributed by atoms with Crippen LogP contribution in [-0.4, -0.2) is 26.1 Å². The highest BCUT2D eigenvalue weighted by Gasteiger charge is 1.97. The Morgan fingerprint density at radius 2 is 2.13 bits per heavy atom. The molecule has 0 aromatic carbocycles. The quantitative estimate of drug-likeness (QED) is 0.242. The van der Waals surface area contributed by atoms with Gasteiger partial charge < -0.3 is 16.7 Å². The topological polar surface area (TPSA) is 146 Å². The number of guanidine groups is 1. The van der Waals surface area contributed by atoms with Gasteiger partial charge in [0.1, 0.15) is 0 Å². The first-order chi connectivity index (χ1) is 6.82. The number of aromatic nitrogens is 2. The number of nitrogens with two attached hydrogens (primary N) is 2. The zero-order chi connectivity index (χ0) is 12.0. The van der Waals surface area contributed by atoms with E-state index in [4.69, 9.17) is 26.8 Å². The molecular formula is C6H12N6O3. The van der Waals surface area contributed by atoms with E-state index < -0.39 is 5.09 Å². The maximum atomic E-state index is 8.36. The number of hydrogen-bond acceptors (Lipinski definition) is 4. The molecule has 0 aliphatic heterocycles. The molecule has 1 heterocycles. The highest BCUT2D eigenvalue weighted by atomic mass is 16.9. The molecular weight excluding hydrogens is 204 g/mol. The average molecular weight is 216 g/mol. The molecule has 9 heteroatoms. The number of aryl methyl sites for hydroxylation is 2. The number of nitrogens with zero attached hydrogens (tertiary/aromatic N) is 4. The van der Waals surface area contributed by atoms with E-state index in [9.17, 15) is 0 Å². The highest BCUT2D eigenvalue weighted by Crippen LogP contribution is 1.99. The lowest BCUT2D eigenvalue weighted by molar-refractivity contribution is -0.742. The fourth-order valence-electron chi connectivity index (χ4n) is 0.828. The second-order valence-corrected chi connectivity index (χ2v) is 2.58. The van der Waals surface area contributed by atoms with Crippen LogP contribution in [0.25, 0.3) is 0 Å². The van der Waals surface area contributed by atoms with Crippen LogP contribution in [0.1, 0.15) is 11.4 Å². The van der Waals surface area contributed by atoms with Crippen LogP contribution in [0, 0.1) is 24.0 Å². The van der Waals surface area contributed by atoms with Crippen molar-refractivity contribution in [3.63, 3.8) is 0 Å². The van der Waals surface area contributed by atoms with Crippen LogP contribution in [0.4, 0.5) is 0 Å². The van der Waals surface area contributed by atoms with Gasteiger partial charge in [-0.2, -0.15) is 9.89 Å². The van der Waals surface area contributed by atoms with Gasteiger partial charge in [0.15, 0.2) is 0 Å². The van der Waals surface area contributed by atoms with E-state index in [1.165, 1.54) is 4.79 Å². The summed E-state index contributed by atoms with van der Waals surface area (Å²) < 4.78 is 0. The lowest BCUT2D eigenvalue weighted by atomic mass is 10.4. The Morgan fingerprint density at radius 1 is 1.67 bits per heavy atom. The molecule has 1 aromatic heterocycles. The Kier molecular flexibility index (Phi) is 4.58. The predicted octanol–water partition coefficient (Wildman–Crippen LogP) is -0.811. The fourth-order valence-corrected chi connectivity index (χ4v) is 0.828. The normalized spacial score (nSPS) is 8.67. The van der Waals surface area contributed by atoms with Gasteiger partial charge in [0, 0.05) is 0 Å². The van der Waals surface area contributed by atoms with Crippen LogP contribution < -0.4 is 11.5 Å². The van der Waals surface area contributed by atoms with Crippen LogP contribution in [0.15, 0.2) is 11.2 Å². The highest BCUT2D eigenvalue weighted by molar-refractivity contribution is 5.75. The van der Waals surface area contributed by atoms with E-state index in [-0.39, 0.29) is 5.96 Å². The maximum absolute atomic E-state index is 8.36. The molecule has 0 saturated heterocycles. The van der Waals surface area contributed by atoms with Gasteiger partial charge in [0.2, 0.25) is 5.96 Å². The van der Waals surface area contributed by atoms with Crippen molar-refractivity contribution >= 4 is 5.96 Å². The van der Waals surface area contributed by atoms with Gasteiger partial charge in [-0.05, 0) is 19.9 Å². The summed E-state index contributed by atoms with van der Waals surface area (Å²) in [5.74, 6) is 0.0104. The van der Waals surface area contributed by atoms with E-state index >= 15 is 0 Å². The van der Waals surface area contributed by atoms with Crippen molar-refractivity contribution in [3.05, 3.63) is 27.6 Å². The summed E-state index contributed by atoms with van der Waals surface area (Å²) in [6.07, 6.45) is 0. The molecule has 1 rings (SSSR count). The van der Waals surface area contributed by atoms with Crippen molar-refractivity contribution < 1.29 is 10.3 Å². The van der Waals surface area contributed by atoms with Crippen LogP contribution in [0.5, 0.6) is 0 Å². The SMILES string of the molecule is Cc1cc(C)n(N=C(N)N)n1.O=[N+]([O-])O. The zero-order valence-electron chi connectivity index (χ0n) is 8.28. The van der Waals surface area contributed by atoms with Crippen molar-refractivity contribution in [2.75, 3.05) is 0 Å². The van der Waals surface area contributed by atoms with Crippen molar-refractivity contribution in [2.45, 2.75) is 13.8 Å². The summed E-state index contributed by atoms with van der Waals surface area (Å²) in [6.45, 7) is 3.76. The van der Waals surface area contributed by atoms with Crippen LogP contribution in [0.2, 0.25) is 0 Å². The second kappa shape index (κ2) is 5.42. The minimum atomic E-state index is -1.50. The molecule has 5 N–H and O–H groups in total. The first-order valence-corrected chi connectivity index (χ1v) is 3.79. The molecule has 84 valence electrons.